The molecule has 0 spiro atoms. The van der Waals surface area contributed by atoms with Crippen LogP contribution in [0.4, 0.5) is 0 Å². The highest BCUT2D eigenvalue weighted by Crippen LogP contribution is 2.31. The summed E-state index contributed by atoms with van der Waals surface area (Å²) < 4.78 is 4.04. The van der Waals surface area contributed by atoms with Crippen molar-refractivity contribution < 1.29 is 0 Å². The van der Waals surface area contributed by atoms with E-state index in [4.69, 9.17) is 5.73 Å². The maximum absolute atomic E-state index is 6.25. The first kappa shape index (κ1) is 11.5. The molecule has 2 aromatic rings. The maximum atomic E-state index is 6.25. The van der Waals surface area contributed by atoms with Crippen LogP contribution in [0.1, 0.15) is 31.7 Å². The van der Waals surface area contributed by atoms with E-state index in [1.165, 1.54) is 12.8 Å². The molecule has 96 valence electrons. The highest BCUT2D eigenvalue weighted by molar-refractivity contribution is 5.56. The SMILES string of the molecule is Cn1cc(-c2cncn2[C@@H]2CCCC[C@H]2N)cn1. The lowest BCUT2D eigenvalue weighted by Crippen LogP contribution is -2.34. The number of hydrogen-bond donors (Lipinski definition) is 1. The number of rotatable bonds is 2. The van der Waals surface area contributed by atoms with Crippen LogP contribution in [0.5, 0.6) is 0 Å². The van der Waals surface area contributed by atoms with Gasteiger partial charge in [-0.15, -0.1) is 0 Å². The summed E-state index contributed by atoms with van der Waals surface area (Å²) in [6.07, 6.45) is 12.4. The molecule has 5 heteroatoms. The fourth-order valence-electron chi connectivity index (χ4n) is 2.83. The molecule has 0 unspecified atom stereocenters. The van der Waals surface area contributed by atoms with Crippen LogP contribution in [-0.2, 0) is 7.05 Å². The normalized spacial score (nSPS) is 24.3. The zero-order valence-electron chi connectivity index (χ0n) is 10.7. The van der Waals surface area contributed by atoms with Gasteiger partial charge in [0.25, 0.3) is 0 Å². The molecule has 2 atom stereocenters. The van der Waals surface area contributed by atoms with Crippen molar-refractivity contribution in [1.82, 2.24) is 19.3 Å². The van der Waals surface area contributed by atoms with E-state index >= 15 is 0 Å². The number of nitrogens with zero attached hydrogens (tertiary/aromatic N) is 4. The van der Waals surface area contributed by atoms with Crippen molar-refractivity contribution in [3.05, 3.63) is 24.9 Å². The third-order valence-electron chi connectivity index (χ3n) is 3.81. The maximum Gasteiger partial charge on any atom is 0.0954 e. The van der Waals surface area contributed by atoms with E-state index in [9.17, 15) is 0 Å². The van der Waals surface area contributed by atoms with Gasteiger partial charge >= 0.3 is 0 Å². The van der Waals surface area contributed by atoms with E-state index in [0.717, 1.165) is 24.1 Å². The van der Waals surface area contributed by atoms with Crippen LogP contribution in [0.3, 0.4) is 0 Å². The standard InChI is InChI=1S/C13H19N5/c1-17-8-10(6-16-17)13-7-15-9-18(13)12-5-3-2-4-11(12)14/h6-9,11-12H,2-5,14H2,1H3/t11-,12-/m1/s1. The Morgan fingerprint density at radius 2 is 2.11 bits per heavy atom. The number of aryl methyl sites for hydroxylation is 1. The molecule has 0 amide bonds. The first-order valence-corrected chi connectivity index (χ1v) is 6.52. The average Bonchev–Trinajstić information content (AvgIpc) is 2.98. The van der Waals surface area contributed by atoms with Crippen LogP contribution in [0.15, 0.2) is 24.9 Å². The van der Waals surface area contributed by atoms with Crippen molar-refractivity contribution in [2.24, 2.45) is 12.8 Å². The van der Waals surface area contributed by atoms with Crippen molar-refractivity contribution in [2.45, 2.75) is 37.8 Å². The van der Waals surface area contributed by atoms with Gasteiger partial charge in [-0.05, 0) is 12.8 Å². The highest BCUT2D eigenvalue weighted by atomic mass is 15.2. The Bertz CT molecular complexity index is 527. The molecule has 0 saturated heterocycles. The van der Waals surface area contributed by atoms with Gasteiger partial charge in [0.2, 0.25) is 0 Å². The quantitative estimate of drug-likeness (QED) is 0.876. The largest absolute Gasteiger partial charge is 0.326 e. The Morgan fingerprint density at radius 1 is 1.28 bits per heavy atom. The number of nitrogens with two attached hydrogens (primary N) is 1. The van der Waals surface area contributed by atoms with Gasteiger partial charge < -0.3 is 10.3 Å². The molecule has 0 aromatic carbocycles. The molecular formula is C13H19N5. The van der Waals surface area contributed by atoms with E-state index in [1.54, 1.807) is 0 Å². The van der Waals surface area contributed by atoms with Crippen molar-refractivity contribution in [3.8, 4) is 11.3 Å². The molecule has 0 aliphatic heterocycles. The lowest BCUT2D eigenvalue weighted by atomic mass is 9.90. The van der Waals surface area contributed by atoms with E-state index in [0.29, 0.717) is 6.04 Å². The molecule has 1 saturated carbocycles. The molecule has 3 rings (SSSR count). The number of hydrogen-bond acceptors (Lipinski definition) is 3. The van der Waals surface area contributed by atoms with E-state index in [-0.39, 0.29) is 6.04 Å². The van der Waals surface area contributed by atoms with E-state index in [2.05, 4.69) is 14.6 Å². The van der Waals surface area contributed by atoms with Crippen LogP contribution in [0, 0.1) is 0 Å². The predicted octanol–water partition coefficient (Wildman–Crippen LogP) is 1.73. The molecule has 1 aliphatic carbocycles. The third-order valence-corrected chi connectivity index (χ3v) is 3.81. The molecule has 5 nitrogen and oxygen atoms in total. The van der Waals surface area contributed by atoms with Gasteiger partial charge in [-0.25, -0.2) is 4.98 Å². The van der Waals surface area contributed by atoms with Crippen molar-refractivity contribution in [3.63, 3.8) is 0 Å². The molecule has 0 bridgehead atoms. The minimum Gasteiger partial charge on any atom is -0.326 e. The Labute approximate surface area is 107 Å². The van der Waals surface area contributed by atoms with Crippen molar-refractivity contribution in [2.75, 3.05) is 0 Å². The summed E-state index contributed by atoms with van der Waals surface area (Å²) in [4.78, 5) is 4.29. The Balaban J connectivity index is 1.95. The van der Waals surface area contributed by atoms with E-state index in [1.807, 2.05) is 36.6 Å². The summed E-state index contributed by atoms with van der Waals surface area (Å²) in [5, 5.41) is 4.22. The molecule has 18 heavy (non-hydrogen) atoms. The molecule has 2 aromatic heterocycles. The fourth-order valence-corrected chi connectivity index (χ4v) is 2.83. The summed E-state index contributed by atoms with van der Waals surface area (Å²) in [5.41, 5.74) is 8.47. The fraction of sp³-hybridized carbons (Fsp3) is 0.538. The summed E-state index contributed by atoms with van der Waals surface area (Å²) >= 11 is 0. The van der Waals surface area contributed by atoms with Crippen LogP contribution < -0.4 is 5.73 Å². The molecule has 1 fully saturated rings. The molecular weight excluding hydrogens is 226 g/mol. The first-order valence-electron chi connectivity index (χ1n) is 6.52. The van der Waals surface area contributed by atoms with Crippen LogP contribution in [-0.4, -0.2) is 25.4 Å². The Kier molecular flexibility index (Phi) is 2.91. The highest BCUT2D eigenvalue weighted by Gasteiger charge is 2.25. The third kappa shape index (κ3) is 1.95. The van der Waals surface area contributed by atoms with Crippen LogP contribution >= 0.6 is 0 Å². The van der Waals surface area contributed by atoms with Gasteiger partial charge in [-0.1, -0.05) is 12.8 Å². The molecule has 1 aliphatic rings. The van der Waals surface area contributed by atoms with Crippen molar-refractivity contribution >= 4 is 0 Å². The lowest BCUT2D eigenvalue weighted by Gasteiger charge is -2.30. The topological polar surface area (TPSA) is 61.7 Å². The monoisotopic (exact) mass is 245 g/mol. The van der Waals surface area contributed by atoms with Crippen molar-refractivity contribution in [1.29, 1.82) is 0 Å². The summed E-state index contributed by atoms with van der Waals surface area (Å²) in [5.74, 6) is 0. The first-order chi connectivity index (χ1) is 8.75. The van der Waals surface area contributed by atoms with Gasteiger partial charge in [0.05, 0.1) is 30.5 Å². The summed E-state index contributed by atoms with van der Waals surface area (Å²) in [6, 6.07) is 0.611. The zero-order chi connectivity index (χ0) is 12.5. The van der Waals surface area contributed by atoms with Crippen LogP contribution in [0.2, 0.25) is 0 Å². The molecule has 2 heterocycles. The summed E-state index contributed by atoms with van der Waals surface area (Å²) in [6.45, 7) is 0. The number of imidazole rings is 1. The second-order valence-corrected chi connectivity index (χ2v) is 5.10. The Morgan fingerprint density at radius 3 is 2.83 bits per heavy atom. The minimum atomic E-state index is 0.239. The molecule has 0 radical (unpaired) electrons. The Hall–Kier alpha value is -1.62. The van der Waals surface area contributed by atoms with Gasteiger partial charge in [-0.3, -0.25) is 4.68 Å². The minimum absolute atomic E-state index is 0.239. The molecule has 2 N–H and O–H groups in total. The second-order valence-electron chi connectivity index (χ2n) is 5.10. The average molecular weight is 245 g/mol. The van der Waals surface area contributed by atoms with Crippen LogP contribution in [0.25, 0.3) is 11.3 Å². The lowest BCUT2D eigenvalue weighted by molar-refractivity contribution is 0.308. The van der Waals surface area contributed by atoms with Gasteiger partial charge in [-0.2, -0.15) is 5.10 Å². The second kappa shape index (κ2) is 4.57. The van der Waals surface area contributed by atoms with E-state index < -0.39 is 0 Å². The van der Waals surface area contributed by atoms with Gasteiger partial charge in [0.1, 0.15) is 0 Å². The smallest absolute Gasteiger partial charge is 0.0954 e. The zero-order valence-corrected chi connectivity index (χ0v) is 10.7. The summed E-state index contributed by atoms with van der Waals surface area (Å²) in [7, 11) is 1.93. The van der Waals surface area contributed by atoms with Gasteiger partial charge in [0, 0.05) is 24.8 Å². The number of aromatic nitrogens is 4. The van der Waals surface area contributed by atoms with Gasteiger partial charge in [0.15, 0.2) is 0 Å². The predicted molar refractivity (Wildman–Crippen MR) is 69.9 cm³/mol.